The van der Waals surface area contributed by atoms with Crippen molar-refractivity contribution in [2.75, 3.05) is 6.54 Å². The van der Waals surface area contributed by atoms with Crippen LogP contribution < -0.4 is 5.32 Å². The molecule has 1 amide bonds. The van der Waals surface area contributed by atoms with Crippen LogP contribution in [0.1, 0.15) is 32.5 Å². The van der Waals surface area contributed by atoms with Gasteiger partial charge in [0.25, 0.3) is 0 Å². The highest BCUT2D eigenvalue weighted by molar-refractivity contribution is 5.75. The first-order valence-electron chi connectivity index (χ1n) is 4.92. The Morgan fingerprint density at radius 3 is 2.93 bits per heavy atom. The molecule has 1 N–H and O–H groups in total. The molecule has 0 bridgehead atoms. The lowest BCUT2D eigenvalue weighted by Gasteiger charge is -2.09. The average molecular weight is 195 g/mol. The van der Waals surface area contributed by atoms with Crippen molar-refractivity contribution in [2.24, 2.45) is 0 Å². The van der Waals surface area contributed by atoms with Crippen molar-refractivity contribution in [1.82, 2.24) is 14.9 Å². The molecule has 0 radical (unpaired) electrons. The Kier molecular flexibility index (Phi) is 3.68. The van der Waals surface area contributed by atoms with Gasteiger partial charge in [-0.1, -0.05) is 13.8 Å². The fourth-order valence-corrected chi connectivity index (χ4v) is 1.36. The average Bonchev–Trinajstić information content (AvgIpc) is 2.52. The highest BCUT2D eigenvalue weighted by Crippen LogP contribution is 2.10. The molecule has 14 heavy (non-hydrogen) atoms. The van der Waals surface area contributed by atoms with Gasteiger partial charge in [0.2, 0.25) is 5.91 Å². The quantitative estimate of drug-likeness (QED) is 0.783. The van der Waals surface area contributed by atoms with Crippen molar-refractivity contribution in [3.63, 3.8) is 0 Å². The summed E-state index contributed by atoms with van der Waals surface area (Å²) in [6, 6.07) is 0. The zero-order valence-electron chi connectivity index (χ0n) is 8.95. The third kappa shape index (κ3) is 2.58. The van der Waals surface area contributed by atoms with Crippen molar-refractivity contribution in [3.8, 4) is 0 Å². The monoisotopic (exact) mass is 195 g/mol. The van der Waals surface area contributed by atoms with Gasteiger partial charge in [0.15, 0.2) is 0 Å². The number of aromatic nitrogens is 2. The molecule has 0 aliphatic heterocycles. The van der Waals surface area contributed by atoms with Gasteiger partial charge in [-0.25, -0.2) is 4.98 Å². The number of hydrogen-bond acceptors (Lipinski definition) is 2. The van der Waals surface area contributed by atoms with Crippen LogP contribution in [0.2, 0.25) is 0 Å². The molecule has 0 atom stereocenters. The third-order valence-electron chi connectivity index (χ3n) is 1.95. The highest BCUT2D eigenvalue weighted by Gasteiger charge is 2.09. The van der Waals surface area contributed by atoms with Crippen LogP contribution in [-0.2, 0) is 11.3 Å². The molecule has 0 saturated heterocycles. The Balaban J connectivity index is 2.66. The highest BCUT2D eigenvalue weighted by atomic mass is 16.1. The maximum Gasteiger partial charge on any atom is 0.239 e. The van der Waals surface area contributed by atoms with Gasteiger partial charge in [0.1, 0.15) is 12.4 Å². The van der Waals surface area contributed by atoms with Crippen molar-refractivity contribution < 1.29 is 4.79 Å². The largest absolute Gasteiger partial charge is 0.355 e. The summed E-state index contributed by atoms with van der Waals surface area (Å²) in [5, 5.41) is 2.76. The molecule has 1 rings (SSSR count). The van der Waals surface area contributed by atoms with E-state index in [2.05, 4.69) is 24.1 Å². The van der Waals surface area contributed by atoms with Gasteiger partial charge in [0.05, 0.1) is 0 Å². The summed E-state index contributed by atoms with van der Waals surface area (Å²) in [6.45, 7) is 7.08. The van der Waals surface area contributed by atoms with Gasteiger partial charge in [0, 0.05) is 24.9 Å². The number of rotatable bonds is 4. The summed E-state index contributed by atoms with van der Waals surface area (Å²) in [5.74, 6) is 1.34. The molecule has 0 fully saturated rings. The summed E-state index contributed by atoms with van der Waals surface area (Å²) in [7, 11) is 0. The molecule has 0 saturated carbocycles. The maximum atomic E-state index is 11.3. The number of likely N-dealkylation sites (N-methyl/N-ethyl adjacent to an activating group) is 1. The fourth-order valence-electron chi connectivity index (χ4n) is 1.36. The minimum atomic E-state index is 0.0346. The van der Waals surface area contributed by atoms with Crippen molar-refractivity contribution >= 4 is 5.91 Å². The first-order chi connectivity index (χ1) is 6.65. The standard InChI is InChI=1S/C10H17N3O/c1-4-11-9(14)7-13-6-5-12-10(13)8(2)3/h5-6,8H,4,7H2,1-3H3,(H,11,14). The Hall–Kier alpha value is -1.32. The first-order valence-corrected chi connectivity index (χ1v) is 4.92. The molecule has 0 aliphatic rings. The first kappa shape index (κ1) is 10.8. The number of carbonyl (C=O) groups excluding carboxylic acids is 1. The minimum Gasteiger partial charge on any atom is -0.355 e. The SMILES string of the molecule is CCNC(=O)Cn1ccnc1C(C)C. The second-order valence-corrected chi connectivity index (χ2v) is 3.52. The number of hydrogen-bond donors (Lipinski definition) is 1. The Morgan fingerprint density at radius 1 is 1.64 bits per heavy atom. The lowest BCUT2D eigenvalue weighted by Crippen LogP contribution is -2.27. The molecule has 78 valence electrons. The van der Waals surface area contributed by atoms with Gasteiger partial charge in [-0.05, 0) is 6.92 Å². The van der Waals surface area contributed by atoms with Gasteiger partial charge >= 0.3 is 0 Å². The number of carbonyl (C=O) groups is 1. The van der Waals surface area contributed by atoms with Gasteiger partial charge in [-0.2, -0.15) is 0 Å². The number of imidazole rings is 1. The van der Waals surface area contributed by atoms with Crippen molar-refractivity contribution in [2.45, 2.75) is 33.2 Å². The normalized spacial score (nSPS) is 10.6. The van der Waals surface area contributed by atoms with Crippen LogP contribution in [0.25, 0.3) is 0 Å². The molecule has 0 aromatic carbocycles. The van der Waals surface area contributed by atoms with E-state index < -0.39 is 0 Å². The van der Waals surface area contributed by atoms with Crippen LogP contribution in [-0.4, -0.2) is 22.0 Å². The Labute approximate surface area is 84.3 Å². The molecule has 4 nitrogen and oxygen atoms in total. The van der Waals surface area contributed by atoms with E-state index >= 15 is 0 Å². The summed E-state index contributed by atoms with van der Waals surface area (Å²) < 4.78 is 1.88. The predicted molar refractivity (Wildman–Crippen MR) is 55.0 cm³/mol. The molecular weight excluding hydrogens is 178 g/mol. The molecule has 4 heteroatoms. The van der Waals surface area contributed by atoms with Gasteiger partial charge < -0.3 is 9.88 Å². The van der Waals surface area contributed by atoms with E-state index in [1.54, 1.807) is 6.20 Å². The summed E-state index contributed by atoms with van der Waals surface area (Å²) in [5.41, 5.74) is 0. The zero-order valence-corrected chi connectivity index (χ0v) is 8.95. The molecule has 0 spiro atoms. The van der Waals surface area contributed by atoms with Crippen LogP contribution in [0.4, 0.5) is 0 Å². The van der Waals surface area contributed by atoms with E-state index in [1.165, 1.54) is 0 Å². The Morgan fingerprint density at radius 2 is 2.36 bits per heavy atom. The Bertz CT molecular complexity index is 304. The molecule has 1 heterocycles. The van der Waals surface area contributed by atoms with Crippen molar-refractivity contribution in [1.29, 1.82) is 0 Å². The smallest absolute Gasteiger partial charge is 0.239 e. The summed E-state index contributed by atoms with van der Waals surface area (Å²) in [6.07, 6.45) is 3.57. The van der Waals surface area contributed by atoms with E-state index in [1.807, 2.05) is 17.7 Å². The fraction of sp³-hybridized carbons (Fsp3) is 0.600. The lowest BCUT2D eigenvalue weighted by molar-refractivity contribution is -0.121. The zero-order chi connectivity index (χ0) is 10.6. The lowest BCUT2D eigenvalue weighted by atomic mass is 10.2. The van der Waals surface area contributed by atoms with Gasteiger partial charge in [-0.3, -0.25) is 4.79 Å². The summed E-state index contributed by atoms with van der Waals surface area (Å²) in [4.78, 5) is 15.5. The molecule has 0 aliphatic carbocycles. The third-order valence-corrected chi connectivity index (χ3v) is 1.95. The number of amides is 1. The minimum absolute atomic E-state index is 0.0346. The molecule has 1 aromatic rings. The topological polar surface area (TPSA) is 46.9 Å². The van der Waals surface area contributed by atoms with E-state index in [0.717, 1.165) is 5.82 Å². The second-order valence-electron chi connectivity index (χ2n) is 3.52. The maximum absolute atomic E-state index is 11.3. The number of nitrogens with one attached hydrogen (secondary N) is 1. The van der Waals surface area contributed by atoms with Crippen LogP contribution in [0.3, 0.4) is 0 Å². The van der Waals surface area contributed by atoms with Crippen LogP contribution in [0, 0.1) is 0 Å². The van der Waals surface area contributed by atoms with E-state index in [4.69, 9.17) is 0 Å². The predicted octanol–water partition coefficient (Wildman–Crippen LogP) is 1.14. The van der Waals surface area contributed by atoms with E-state index in [-0.39, 0.29) is 5.91 Å². The van der Waals surface area contributed by atoms with Crippen LogP contribution >= 0.6 is 0 Å². The molecular formula is C10H17N3O. The van der Waals surface area contributed by atoms with Crippen LogP contribution in [0.5, 0.6) is 0 Å². The second kappa shape index (κ2) is 4.79. The van der Waals surface area contributed by atoms with Crippen LogP contribution in [0.15, 0.2) is 12.4 Å². The molecule has 1 aromatic heterocycles. The molecule has 0 unspecified atom stereocenters. The summed E-state index contributed by atoms with van der Waals surface area (Å²) >= 11 is 0. The number of nitrogens with zero attached hydrogens (tertiary/aromatic N) is 2. The van der Waals surface area contributed by atoms with E-state index in [9.17, 15) is 4.79 Å². The van der Waals surface area contributed by atoms with Gasteiger partial charge in [-0.15, -0.1) is 0 Å². The van der Waals surface area contributed by atoms with E-state index in [0.29, 0.717) is 19.0 Å². The van der Waals surface area contributed by atoms with Crippen molar-refractivity contribution in [3.05, 3.63) is 18.2 Å².